The highest BCUT2D eigenvalue weighted by Gasteiger charge is 2.31. The summed E-state index contributed by atoms with van der Waals surface area (Å²) < 4.78 is 5.42. The number of carbonyl (C=O) groups excluding carboxylic acids is 2. The molecule has 0 spiro atoms. The zero-order valence-corrected chi connectivity index (χ0v) is 15.3. The van der Waals surface area contributed by atoms with E-state index in [1.54, 1.807) is 17.0 Å². The number of carbonyl (C=O) groups is 2. The quantitative estimate of drug-likeness (QED) is 0.782. The van der Waals surface area contributed by atoms with Gasteiger partial charge in [-0.1, -0.05) is 11.6 Å². The predicted molar refractivity (Wildman–Crippen MR) is 92.4 cm³/mol. The van der Waals surface area contributed by atoms with Crippen LogP contribution in [0.2, 0.25) is 5.02 Å². The van der Waals surface area contributed by atoms with Crippen molar-refractivity contribution >= 4 is 23.5 Å². The fraction of sp³-hybridized carbons (Fsp3) is 0.588. The third kappa shape index (κ3) is 5.18. The first-order valence-corrected chi connectivity index (χ1v) is 8.40. The first kappa shape index (κ1) is 18.7. The van der Waals surface area contributed by atoms with Gasteiger partial charge in [-0.2, -0.15) is 0 Å². The Morgan fingerprint density at radius 2 is 2.04 bits per heavy atom. The first-order valence-electron chi connectivity index (χ1n) is 8.02. The van der Waals surface area contributed by atoms with Crippen molar-refractivity contribution in [3.63, 3.8) is 0 Å². The van der Waals surface area contributed by atoms with Crippen LogP contribution in [0.15, 0.2) is 18.3 Å². The Morgan fingerprint density at radius 1 is 1.33 bits per heavy atom. The maximum absolute atomic E-state index is 12.3. The normalized spacial score (nSPS) is 19.2. The molecule has 1 aliphatic heterocycles. The third-order valence-electron chi connectivity index (χ3n) is 3.72. The second-order valence-electron chi connectivity index (χ2n) is 7.04. The van der Waals surface area contributed by atoms with Gasteiger partial charge in [-0.3, -0.25) is 14.7 Å². The van der Waals surface area contributed by atoms with Crippen LogP contribution in [0.4, 0.5) is 4.79 Å². The third-order valence-corrected chi connectivity index (χ3v) is 3.94. The van der Waals surface area contributed by atoms with Crippen LogP contribution in [0.5, 0.6) is 0 Å². The molecule has 1 aromatic rings. The monoisotopic (exact) mass is 353 g/mol. The molecule has 0 aliphatic carbocycles. The molecule has 2 heterocycles. The Morgan fingerprint density at radius 3 is 2.58 bits per heavy atom. The van der Waals surface area contributed by atoms with E-state index in [4.69, 9.17) is 16.3 Å². The molecule has 0 aromatic carbocycles. The molecule has 0 unspecified atom stereocenters. The van der Waals surface area contributed by atoms with Crippen molar-refractivity contribution in [3.8, 4) is 0 Å². The van der Waals surface area contributed by atoms with Crippen LogP contribution in [-0.2, 0) is 4.74 Å². The number of hydrogen-bond acceptors (Lipinski definition) is 5. The van der Waals surface area contributed by atoms with Gasteiger partial charge in [0.1, 0.15) is 11.3 Å². The van der Waals surface area contributed by atoms with Crippen LogP contribution >= 0.6 is 11.6 Å². The second-order valence-corrected chi connectivity index (χ2v) is 7.48. The summed E-state index contributed by atoms with van der Waals surface area (Å²) in [6.45, 7) is 9.58. The Balaban J connectivity index is 1.90. The van der Waals surface area contributed by atoms with Gasteiger partial charge in [0.25, 0.3) is 0 Å². The lowest BCUT2D eigenvalue weighted by molar-refractivity contribution is 0.00218. The standard InChI is InChI=1S/C17H24ClN3O3/c1-12-10-20(7-8-21(12)16(23)24-17(2,3)4)11-15(22)14-6-5-13(18)9-19-14/h5-6,9,12H,7-8,10-11H2,1-4H3/t12-/m1/s1. The minimum Gasteiger partial charge on any atom is -0.444 e. The maximum atomic E-state index is 12.3. The van der Waals surface area contributed by atoms with E-state index in [1.807, 2.05) is 32.6 Å². The van der Waals surface area contributed by atoms with Gasteiger partial charge in [0, 0.05) is 31.9 Å². The number of hydrogen-bond donors (Lipinski definition) is 0. The number of pyridine rings is 1. The second kappa shape index (κ2) is 7.49. The van der Waals surface area contributed by atoms with Gasteiger partial charge < -0.3 is 9.64 Å². The van der Waals surface area contributed by atoms with E-state index < -0.39 is 5.60 Å². The minimum absolute atomic E-state index is 0.0143. The fourth-order valence-corrected chi connectivity index (χ4v) is 2.71. The Hall–Kier alpha value is -1.66. The fourth-order valence-electron chi connectivity index (χ4n) is 2.59. The number of ether oxygens (including phenoxy) is 1. The summed E-state index contributed by atoms with van der Waals surface area (Å²) in [7, 11) is 0. The summed E-state index contributed by atoms with van der Waals surface area (Å²) in [5.74, 6) is -0.0513. The molecule has 6 nitrogen and oxygen atoms in total. The number of Topliss-reactive ketones (excluding diaryl/α,β-unsaturated/α-hetero) is 1. The predicted octanol–water partition coefficient (Wildman–Crippen LogP) is 2.86. The van der Waals surface area contributed by atoms with E-state index >= 15 is 0 Å². The van der Waals surface area contributed by atoms with Gasteiger partial charge >= 0.3 is 6.09 Å². The van der Waals surface area contributed by atoms with Crippen LogP contribution in [0.1, 0.15) is 38.2 Å². The average molecular weight is 354 g/mol. The Kier molecular flexibility index (Phi) is 5.83. The average Bonchev–Trinajstić information content (AvgIpc) is 2.46. The molecule has 1 atom stereocenters. The summed E-state index contributed by atoms with van der Waals surface area (Å²) in [5, 5.41) is 0.506. The highest BCUT2D eigenvalue weighted by atomic mass is 35.5. The van der Waals surface area contributed by atoms with Crippen LogP contribution in [0, 0.1) is 0 Å². The molecular weight excluding hydrogens is 330 g/mol. The summed E-state index contributed by atoms with van der Waals surface area (Å²) >= 11 is 5.79. The Bertz CT molecular complexity index is 598. The van der Waals surface area contributed by atoms with Crippen molar-refractivity contribution in [1.82, 2.24) is 14.8 Å². The molecule has 1 aromatic heterocycles. The maximum Gasteiger partial charge on any atom is 0.410 e. The van der Waals surface area contributed by atoms with E-state index in [0.717, 1.165) is 0 Å². The summed E-state index contributed by atoms with van der Waals surface area (Å²) in [5.41, 5.74) is -0.105. The van der Waals surface area contributed by atoms with Crippen molar-refractivity contribution in [2.24, 2.45) is 0 Å². The molecule has 0 saturated carbocycles. The summed E-state index contributed by atoms with van der Waals surface area (Å²) in [6.07, 6.45) is 1.16. The van der Waals surface area contributed by atoms with Crippen LogP contribution in [0.3, 0.4) is 0 Å². The zero-order chi connectivity index (χ0) is 17.9. The summed E-state index contributed by atoms with van der Waals surface area (Å²) in [4.78, 5) is 32.3. The number of ketones is 1. The van der Waals surface area contributed by atoms with Gasteiger partial charge in [0.2, 0.25) is 0 Å². The molecule has 1 saturated heterocycles. The van der Waals surface area contributed by atoms with E-state index in [-0.39, 0.29) is 24.5 Å². The largest absolute Gasteiger partial charge is 0.444 e. The highest BCUT2D eigenvalue weighted by Crippen LogP contribution is 2.16. The van der Waals surface area contributed by atoms with Crippen molar-refractivity contribution in [2.75, 3.05) is 26.2 Å². The smallest absolute Gasteiger partial charge is 0.410 e. The van der Waals surface area contributed by atoms with Crippen molar-refractivity contribution < 1.29 is 14.3 Å². The number of nitrogens with zero attached hydrogens (tertiary/aromatic N) is 3. The molecular formula is C17H24ClN3O3. The van der Waals surface area contributed by atoms with Crippen molar-refractivity contribution in [1.29, 1.82) is 0 Å². The number of amides is 1. The SMILES string of the molecule is C[C@@H]1CN(CC(=O)c2ccc(Cl)cn2)CCN1C(=O)OC(C)(C)C. The van der Waals surface area contributed by atoms with Crippen molar-refractivity contribution in [3.05, 3.63) is 29.0 Å². The van der Waals surface area contributed by atoms with Gasteiger partial charge in [0.15, 0.2) is 5.78 Å². The number of rotatable bonds is 3. The molecule has 0 N–H and O–H groups in total. The molecule has 1 amide bonds. The lowest BCUT2D eigenvalue weighted by atomic mass is 10.1. The van der Waals surface area contributed by atoms with E-state index in [1.165, 1.54) is 6.20 Å². The van der Waals surface area contributed by atoms with E-state index in [9.17, 15) is 9.59 Å². The molecule has 132 valence electrons. The van der Waals surface area contributed by atoms with Gasteiger partial charge in [-0.05, 0) is 39.8 Å². The molecule has 7 heteroatoms. The van der Waals surface area contributed by atoms with Crippen molar-refractivity contribution in [2.45, 2.75) is 39.3 Å². The summed E-state index contributed by atoms with van der Waals surface area (Å²) in [6, 6.07) is 3.27. The van der Waals surface area contributed by atoms with Crippen LogP contribution < -0.4 is 0 Å². The highest BCUT2D eigenvalue weighted by molar-refractivity contribution is 6.30. The van der Waals surface area contributed by atoms with Gasteiger partial charge in [-0.15, -0.1) is 0 Å². The zero-order valence-electron chi connectivity index (χ0n) is 14.6. The molecule has 24 heavy (non-hydrogen) atoms. The lowest BCUT2D eigenvalue weighted by Crippen LogP contribution is -2.55. The van der Waals surface area contributed by atoms with Crippen LogP contribution in [-0.4, -0.2) is 64.5 Å². The number of piperazine rings is 1. The number of aromatic nitrogens is 1. The minimum atomic E-state index is -0.510. The lowest BCUT2D eigenvalue weighted by Gasteiger charge is -2.39. The Labute approximate surface area is 147 Å². The molecule has 0 radical (unpaired) electrons. The van der Waals surface area contributed by atoms with Crippen LogP contribution in [0.25, 0.3) is 0 Å². The van der Waals surface area contributed by atoms with Gasteiger partial charge in [-0.25, -0.2) is 4.79 Å². The van der Waals surface area contributed by atoms with Gasteiger partial charge in [0.05, 0.1) is 11.6 Å². The molecule has 0 bridgehead atoms. The van der Waals surface area contributed by atoms with E-state index in [0.29, 0.717) is 30.4 Å². The topological polar surface area (TPSA) is 62.7 Å². The van der Waals surface area contributed by atoms with E-state index in [2.05, 4.69) is 4.98 Å². The number of halogens is 1. The molecule has 1 aliphatic rings. The molecule has 2 rings (SSSR count). The molecule has 1 fully saturated rings. The first-order chi connectivity index (χ1) is 11.2.